The van der Waals surface area contributed by atoms with Crippen LogP contribution in [0.5, 0.6) is 0 Å². The van der Waals surface area contributed by atoms with Gasteiger partial charge in [0.25, 0.3) is 5.91 Å². The van der Waals surface area contributed by atoms with Gasteiger partial charge in [-0.1, -0.05) is 6.42 Å². The third-order valence-corrected chi connectivity index (χ3v) is 4.76. The molecule has 0 saturated heterocycles. The van der Waals surface area contributed by atoms with E-state index >= 15 is 0 Å². The molecule has 5 heteroatoms. The molecule has 0 aliphatic heterocycles. The Bertz CT molecular complexity index is 380. The molecule has 1 aliphatic rings. The average Bonchev–Trinajstić information content (AvgIpc) is 2.84. The minimum absolute atomic E-state index is 0.0294. The number of thiophene rings is 1. The molecule has 88 valence electrons. The first kappa shape index (κ1) is 12.3. The number of amides is 1. The number of hydrogen-bond donors (Lipinski definition) is 2. The van der Waals surface area contributed by atoms with Crippen molar-refractivity contribution in [2.24, 2.45) is 5.92 Å². The average molecular weight is 351 g/mol. The fraction of sp³-hybridized carbons (Fsp3) is 0.545. The Morgan fingerprint density at radius 3 is 3.00 bits per heavy atom. The van der Waals surface area contributed by atoms with Gasteiger partial charge in [0.05, 0.1) is 14.6 Å². The number of halogens is 1. The van der Waals surface area contributed by atoms with Gasteiger partial charge < -0.3 is 10.4 Å². The third-order valence-electron chi connectivity index (χ3n) is 2.97. The summed E-state index contributed by atoms with van der Waals surface area (Å²) in [5.41, 5.74) is 0.724. The first-order valence-electron chi connectivity index (χ1n) is 5.37. The van der Waals surface area contributed by atoms with Gasteiger partial charge in [-0.2, -0.15) is 0 Å². The molecule has 0 aromatic carbocycles. The lowest BCUT2D eigenvalue weighted by atomic mass is 10.1. The van der Waals surface area contributed by atoms with Gasteiger partial charge in [-0.3, -0.25) is 4.79 Å². The van der Waals surface area contributed by atoms with Crippen molar-refractivity contribution in [2.45, 2.75) is 25.4 Å². The van der Waals surface area contributed by atoms with Gasteiger partial charge in [-0.05, 0) is 41.5 Å². The molecule has 1 fully saturated rings. The number of rotatable bonds is 3. The highest BCUT2D eigenvalue weighted by Gasteiger charge is 2.25. The van der Waals surface area contributed by atoms with Crippen molar-refractivity contribution >= 4 is 39.8 Å². The molecule has 0 radical (unpaired) electrons. The van der Waals surface area contributed by atoms with Crippen LogP contribution in [0.3, 0.4) is 0 Å². The highest BCUT2D eigenvalue weighted by molar-refractivity contribution is 14.1. The van der Waals surface area contributed by atoms with Crippen LogP contribution in [0, 0.1) is 8.80 Å². The Morgan fingerprint density at radius 1 is 1.62 bits per heavy atom. The zero-order valence-electron chi connectivity index (χ0n) is 8.78. The number of hydrogen-bond acceptors (Lipinski definition) is 3. The zero-order chi connectivity index (χ0) is 11.5. The van der Waals surface area contributed by atoms with Crippen molar-refractivity contribution in [3.05, 3.63) is 19.9 Å². The Hall–Kier alpha value is -0.140. The number of carbonyl (C=O) groups is 1. The van der Waals surface area contributed by atoms with E-state index in [0.717, 1.165) is 27.7 Å². The van der Waals surface area contributed by atoms with Crippen LogP contribution in [-0.4, -0.2) is 23.7 Å². The second kappa shape index (κ2) is 5.46. The summed E-state index contributed by atoms with van der Waals surface area (Å²) in [6.07, 6.45) is 2.72. The quantitative estimate of drug-likeness (QED) is 0.821. The molecule has 1 aromatic heterocycles. The Balaban J connectivity index is 1.84. The lowest BCUT2D eigenvalue weighted by Gasteiger charge is -2.14. The van der Waals surface area contributed by atoms with Crippen molar-refractivity contribution in [1.29, 1.82) is 0 Å². The minimum Gasteiger partial charge on any atom is -0.393 e. The minimum atomic E-state index is -0.233. The van der Waals surface area contributed by atoms with Crippen molar-refractivity contribution in [3.63, 3.8) is 0 Å². The largest absolute Gasteiger partial charge is 0.393 e. The predicted molar refractivity (Wildman–Crippen MR) is 72.7 cm³/mol. The van der Waals surface area contributed by atoms with Gasteiger partial charge in [0.2, 0.25) is 0 Å². The Morgan fingerprint density at radius 2 is 2.44 bits per heavy atom. The van der Waals surface area contributed by atoms with E-state index in [1.807, 2.05) is 11.4 Å². The van der Waals surface area contributed by atoms with Gasteiger partial charge in [-0.25, -0.2) is 0 Å². The maximum Gasteiger partial charge on any atom is 0.252 e. The van der Waals surface area contributed by atoms with Crippen molar-refractivity contribution in [2.75, 3.05) is 6.54 Å². The van der Waals surface area contributed by atoms with Crippen LogP contribution in [0.25, 0.3) is 0 Å². The van der Waals surface area contributed by atoms with E-state index in [4.69, 9.17) is 0 Å². The molecular weight excluding hydrogens is 337 g/mol. The highest BCUT2D eigenvalue weighted by atomic mass is 127. The van der Waals surface area contributed by atoms with Crippen LogP contribution in [-0.2, 0) is 0 Å². The van der Waals surface area contributed by atoms with Gasteiger partial charge in [0.15, 0.2) is 0 Å². The summed E-state index contributed by atoms with van der Waals surface area (Å²) in [4.78, 5) is 11.7. The van der Waals surface area contributed by atoms with Crippen LogP contribution >= 0.6 is 33.9 Å². The summed E-state index contributed by atoms with van der Waals surface area (Å²) in [5, 5.41) is 14.4. The highest BCUT2D eigenvalue weighted by Crippen LogP contribution is 2.24. The zero-order valence-corrected chi connectivity index (χ0v) is 11.8. The standard InChI is InChI=1S/C11H14INO2S/c12-10-4-8(6-16-10)11(15)13-5-7-2-1-3-9(7)14/h4,6-7,9,14H,1-3,5H2,(H,13,15). The molecule has 0 spiro atoms. The molecule has 1 amide bonds. The molecule has 1 aromatic rings. The van der Waals surface area contributed by atoms with E-state index in [-0.39, 0.29) is 17.9 Å². The van der Waals surface area contributed by atoms with E-state index < -0.39 is 0 Å². The smallest absolute Gasteiger partial charge is 0.252 e. The topological polar surface area (TPSA) is 49.3 Å². The molecular formula is C11H14INO2S. The van der Waals surface area contributed by atoms with Gasteiger partial charge in [-0.15, -0.1) is 11.3 Å². The molecule has 2 rings (SSSR count). The molecule has 2 N–H and O–H groups in total. The first-order valence-corrected chi connectivity index (χ1v) is 7.33. The normalized spacial score (nSPS) is 24.6. The van der Waals surface area contributed by atoms with E-state index in [1.165, 1.54) is 0 Å². The summed E-state index contributed by atoms with van der Waals surface area (Å²) in [5.74, 6) is 0.208. The van der Waals surface area contributed by atoms with Gasteiger partial charge >= 0.3 is 0 Å². The number of aliphatic hydroxyl groups excluding tert-OH is 1. The molecule has 1 saturated carbocycles. The number of nitrogens with one attached hydrogen (secondary N) is 1. The van der Waals surface area contributed by atoms with E-state index in [0.29, 0.717) is 6.54 Å². The Labute approximate surface area is 112 Å². The maximum atomic E-state index is 11.7. The molecule has 16 heavy (non-hydrogen) atoms. The van der Waals surface area contributed by atoms with Gasteiger partial charge in [0, 0.05) is 17.8 Å². The lowest BCUT2D eigenvalue weighted by molar-refractivity contribution is 0.0917. The molecule has 2 atom stereocenters. The van der Waals surface area contributed by atoms with E-state index in [2.05, 4.69) is 27.9 Å². The van der Waals surface area contributed by atoms with Crippen LogP contribution in [0.2, 0.25) is 0 Å². The Kier molecular flexibility index (Phi) is 4.21. The van der Waals surface area contributed by atoms with Crippen LogP contribution < -0.4 is 5.32 Å². The molecule has 1 aliphatic carbocycles. The van der Waals surface area contributed by atoms with E-state index in [9.17, 15) is 9.90 Å². The lowest BCUT2D eigenvalue weighted by Crippen LogP contribution is -2.32. The second-order valence-electron chi connectivity index (χ2n) is 4.11. The summed E-state index contributed by atoms with van der Waals surface area (Å²) in [6, 6.07) is 1.88. The van der Waals surface area contributed by atoms with Gasteiger partial charge in [0.1, 0.15) is 0 Å². The first-order chi connectivity index (χ1) is 7.66. The summed E-state index contributed by atoms with van der Waals surface area (Å²) in [6.45, 7) is 0.590. The van der Waals surface area contributed by atoms with E-state index in [1.54, 1.807) is 11.3 Å². The van der Waals surface area contributed by atoms with Crippen LogP contribution in [0.15, 0.2) is 11.4 Å². The SMILES string of the molecule is O=C(NCC1CCCC1O)c1csc(I)c1. The molecule has 2 unspecified atom stereocenters. The van der Waals surface area contributed by atoms with Crippen LogP contribution in [0.1, 0.15) is 29.6 Å². The second-order valence-corrected chi connectivity index (χ2v) is 6.91. The van der Waals surface area contributed by atoms with Crippen molar-refractivity contribution < 1.29 is 9.90 Å². The summed E-state index contributed by atoms with van der Waals surface area (Å²) in [7, 11) is 0. The summed E-state index contributed by atoms with van der Waals surface area (Å²) >= 11 is 3.77. The fourth-order valence-corrected chi connectivity index (χ4v) is 3.34. The maximum absolute atomic E-state index is 11.7. The predicted octanol–water partition coefficient (Wildman–Crippen LogP) is 2.24. The number of carbonyl (C=O) groups excluding carboxylic acids is 1. The van der Waals surface area contributed by atoms with Crippen molar-refractivity contribution in [3.8, 4) is 0 Å². The monoisotopic (exact) mass is 351 g/mol. The fourth-order valence-electron chi connectivity index (χ4n) is 2.01. The molecule has 0 bridgehead atoms. The third kappa shape index (κ3) is 2.95. The van der Waals surface area contributed by atoms with Crippen LogP contribution in [0.4, 0.5) is 0 Å². The molecule has 1 heterocycles. The summed E-state index contributed by atoms with van der Waals surface area (Å²) < 4.78 is 1.11. The molecule has 3 nitrogen and oxygen atoms in total. The van der Waals surface area contributed by atoms with Crippen molar-refractivity contribution in [1.82, 2.24) is 5.32 Å². The number of aliphatic hydroxyl groups is 1.